The number of rotatable bonds is 5. The van der Waals surface area contributed by atoms with Gasteiger partial charge in [0.1, 0.15) is 0 Å². The summed E-state index contributed by atoms with van der Waals surface area (Å²) in [7, 11) is 0. The van der Waals surface area contributed by atoms with Gasteiger partial charge in [0.2, 0.25) is 11.8 Å². The van der Waals surface area contributed by atoms with Crippen LogP contribution in [-0.2, 0) is 22.6 Å². The van der Waals surface area contributed by atoms with Crippen LogP contribution in [0.3, 0.4) is 0 Å². The molecule has 114 valence electrons. The Morgan fingerprint density at radius 1 is 1.29 bits per heavy atom. The Bertz CT molecular complexity index is 530. The van der Waals surface area contributed by atoms with Crippen LogP contribution in [0.5, 0.6) is 0 Å². The van der Waals surface area contributed by atoms with Crippen LogP contribution in [-0.4, -0.2) is 42.9 Å². The van der Waals surface area contributed by atoms with Gasteiger partial charge < -0.3 is 16.4 Å². The summed E-state index contributed by atoms with van der Waals surface area (Å²) in [4.78, 5) is 24.7. The zero-order chi connectivity index (χ0) is 15.2. The average Bonchev–Trinajstić information content (AvgIpc) is 2.43. The van der Waals surface area contributed by atoms with Crippen LogP contribution in [0.25, 0.3) is 0 Å². The Hall–Kier alpha value is -2.08. The number of fused-ring (bicyclic) bond motifs is 1. The van der Waals surface area contributed by atoms with E-state index in [4.69, 9.17) is 5.73 Å². The van der Waals surface area contributed by atoms with Gasteiger partial charge in [-0.2, -0.15) is 0 Å². The standard InChI is InChI=1S/C15H22N4O2/c1-11(20)17-6-7-18-15(21)10-19-8-5-13-12(9-19)3-2-4-14(13)16/h2-4H,5-10,16H2,1H3,(H,17,20)(H,18,21). The van der Waals surface area contributed by atoms with Crippen LogP contribution in [0.15, 0.2) is 18.2 Å². The minimum atomic E-state index is -0.0884. The van der Waals surface area contributed by atoms with Gasteiger partial charge in [0.15, 0.2) is 0 Å². The van der Waals surface area contributed by atoms with Gasteiger partial charge in [-0.25, -0.2) is 0 Å². The Balaban J connectivity index is 1.77. The first-order valence-corrected chi connectivity index (χ1v) is 7.16. The second kappa shape index (κ2) is 7.08. The SMILES string of the molecule is CC(=O)NCCNC(=O)CN1CCc2c(N)cccc2C1. The van der Waals surface area contributed by atoms with Crippen LogP contribution in [0.2, 0.25) is 0 Å². The largest absolute Gasteiger partial charge is 0.398 e. The molecule has 0 unspecified atom stereocenters. The zero-order valence-corrected chi connectivity index (χ0v) is 12.3. The highest BCUT2D eigenvalue weighted by Gasteiger charge is 2.19. The van der Waals surface area contributed by atoms with Crippen molar-refractivity contribution in [2.75, 3.05) is 31.9 Å². The molecule has 0 aliphatic carbocycles. The molecule has 1 aromatic carbocycles. The maximum atomic E-state index is 11.8. The number of nitrogens with one attached hydrogen (secondary N) is 2. The maximum Gasteiger partial charge on any atom is 0.234 e. The fourth-order valence-electron chi connectivity index (χ4n) is 2.53. The summed E-state index contributed by atoms with van der Waals surface area (Å²) in [6.45, 7) is 4.32. The molecule has 0 saturated heterocycles. The third kappa shape index (κ3) is 4.46. The first-order chi connectivity index (χ1) is 10.1. The molecule has 6 heteroatoms. The summed E-state index contributed by atoms with van der Waals surface area (Å²) in [5.74, 6) is -0.109. The summed E-state index contributed by atoms with van der Waals surface area (Å²) < 4.78 is 0. The molecule has 21 heavy (non-hydrogen) atoms. The minimum absolute atomic E-state index is 0.0206. The van der Waals surface area contributed by atoms with Crippen LogP contribution >= 0.6 is 0 Å². The van der Waals surface area contributed by atoms with Crippen molar-refractivity contribution in [1.29, 1.82) is 0 Å². The quantitative estimate of drug-likeness (QED) is 0.521. The smallest absolute Gasteiger partial charge is 0.234 e. The van der Waals surface area contributed by atoms with Crippen LogP contribution in [0.4, 0.5) is 5.69 Å². The van der Waals surface area contributed by atoms with Crippen molar-refractivity contribution in [2.45, 2.75) is 19.9 Å². The summed E-state index contributed by atoms with van der Waals surface area (Å²) in [6.07, 6.45) is 0.876. The Labute approximate surface area is 124 Å². The monoisotopic (exact) mass is 290 g/mol. The molecule has 0 fully saturated rings. The average molecular weight is 290 g/mol. The van der Waals surface area contributed by atoms with E-state index in [2.05, 4.69) is 21.6 Å². The zero-order valence-electron chi connectivity index (χ0n) is 12.3. The van der Waals surface area contributed by atoms with Gasteiger partial charge in [-0.15, -0.1) is 0 Å². The second-order valence-corrected chi connectivity index (χ2v) is 5.28. The number of nitrogens with zero attached hydrogens (tertiary/aromatic N) is 1. The lowest BCUT2D eigenvalue weighted by atomic mass is 9.98. The van der Waals surface area contributed by atoms with Gasteiger partial charge >= 0.3 is 0 Å². The topological polar surface area (TPSA) is 87.5 Å². The van der Waals surface area contributed by atoms with E-state index < -0.39 is 0 Å². The van der Waals surface area contributed by atoms with Gasteiger partial charge in [-0.3, -0.25) is 14.5 Å². The Morgan fingerprint density at radius 3 is 2.81 bits per heavy atom. The number of benzene rings is 1. The number of anilines is 1. The minimum Gasteiger partial charge on any atom is -0.398 e. The summed E-state index contributed by atoms with van der Waals surface area (Å²) >= 11 is 0. The lowest BCUT2D eigenvalue weighted by Crippen LogP contribution is -2.42. The number of nitrogen functional groups attached to an aromatic ring is 1. The molecule has 2 amide bonds. The van der Waals surface area contributed by atoms with Crippen LogP contribution in [0.1, 0.15) is 18.1 Å². The summed E-state index contributed by atoms with van der Waals surface area (Å²) in [5, 5.41) is 5.44. The molecule has 1 aromatic rings. The first kappa shape index (κ1) is 15.3. The number of nitrogens with two attached hydrogens (primary N) is 1. The highest BCUT2D eigenvalue weighted by atomic mass is 16.2. The van der Waals surface area contributed by atoms with Crippen molar-refractivity contribution in [3.8, 4) is 0 Å². The Morgan fingerprint density at radius 2 is 2.05 bits per heavy atom. The molecule has 0 spiro atoms. The summed E-state index contributed by atoms with van der Waals surface area (Å²) in [5.41, 5.74) is 9.21. The van der Waals surface area contributed by atoms with Gasteiger partial charge in [0.05, 0.1) is 6.54 Å². The normalized spacial score (nSPS) is 14.3. The molecule has 0 bridgehead atoms. The van der Waals surface area contributed by atoms with E-state index in [1.807, 2.05) is 12.1 Å². The van der Waals surface area contributed by atoms with Crippen molar-refractivity contribution in [3.05, 3.63) is 29.3 Å². The maximum absolute atomic E-state index is 11.8. The van der Waals surface area contributed by atoms with Crippen molar-refractivity contribution < 1.29 is 9.59 Å². The van der Waals surface area contributed by atoms with Crippen molar-refractivity contribution >= 4 is 17.5 Å². The van der Waals surface area contributed by atoms with Crippen molar-refractivity contribution in [3.63, 3.8) is 0 Å². The highest BCUT2D eigenvalue weighted by Crippen LogP contribution is 2.23. The van der Waals surface area contributed by atoms with E-state index in [-0.39, 0.29) is 11.8 Å². The fourth-order valence-corrected chi connectivity index (χ4v) is 2.53. The molecule has 1 heterocycles. The van der Waals surface area contributed by atoms with E-state index in [9.17, 15) is 9.59 Å². The predicted octanol–water partition coefficient (Wildman–Crippen LogP) is -0.121. The van der Waals surface area contributed by atoms with E-state index >= 15 is 0 Å². The van der Waals surface area contributed by atoms with Crippen LogP contribution < -0.4 is 16.4 Å². The van der Waals surface area contributed by atoms with Crippen molar-refractivity contribution in [1.82, 2.24) is 15.5 Å². The second-order valence-electron chi connectivity index (χ2n) is 5.28. The lowest BCUT2D eigenvalue weighted by molar-refractivity contribution is -0.123. The van der Waals surface area contributed by atoms with Crippen molar-refractivity contribution in [2.24, 2.45) is 0 Å². The third-order valence-electron chi connectivity index (χ3n) is 3.57. The molecule has 0 saturated carbocycles. The number of hydrogen-bond acceptors (Lipinski definition) is 4. The first-order valence-electron chi connectivity index (χ1n) is 7.16. The molecule has 1 aliphatic rings. The molecule has 6 nitrogen and oxygen atoms in total. The van der Waals surface area contributed by atoms with E-state index in [1.54, 1.807) is 0 Å². The fraction of sp³-hybridized carbons (Fsp3) is 0.467. The van der Waals surface area contributed by atoms with E-state index in [0.717, 1.165) is 25.2 Å². The van der Waals surface area contributed by atoms with E-state index in [1.165, 1.54) is 18.1 Å². The molecule has 0 atom stereocenters. The molecule has 0 aromatic heterocycles. The predicted molar refractivity (Wildman–Crippen MR) is 81.5 cm³/mol. The number of hydrogen-bond donors (Lipinski definition) is 3. The molecule has 2 rings (SSSR count). The molecule has 1 aliphatic heterocycles. The van der Waals surface area contributed by atoms with Gasteiger partial charge in [-0.1, -0.05) is 12.1 Å². The lowest BCUT2D eigenvalue weighted by Gasteiger charge is -2.28. The van der Waals surface area contributed by atoms with Crippen LogP contribution in [0, 0.1) is 0 Å². The third-order valence-corrected chi connectivity index (χ3v) is 3.57. The van der Waals surface area contributed by atoms with Gasteiger partial charge in [-0.05, 0) is 23.6 Å². The molecule has 0 radical (unpaired) electrons. The molecular weight excluding hydrogens is 268 g/mol. The van der Waals surface area contributed by atoms with E-state index in [0.29, 0.717) is 19.6 Å². The molecular formula is C15H22N4O2. The number of carbonyl (C=O) groups excluding carboxylic acids is 2. The number of carbonyl (C=O) groups is 2. The Kier molecular flexibility index (Phi) is 5.16. The molecule has 4 N–H and O–H groups in total. The summed E-state index contributed by atoms with van der Waals surface area (Å²) in [6, 6.07) is 5.93. The highest BCUT2D eigenvalue weighted by molar-refractivity contribution is 5.78. The van der Waals surface area contributed by atoms with Gasteiger partial charge in [0.25, 0.3) is 0 Å². The van der Waals surface area contributed by atoms with Gasteiger partial charge in [0, 0.05) is 38.8 Å². The number of amides is 2.